The second-order valence-corrected chi connectivity index (χ2v) is 11.8. The van der Waals surface area contributed by atoms with E-state index < -0.39 is 6.04 Å². The maximum atomic E-state index is 14.1. The molecule has 0 bridgehead atoms. The Morgan fingerprint density at radius 2 is 1.71 bits per heavy atom. The molecule has 0 saturated heterocycles. The lowest BCUT2D eigenvalue weighted by Crippen LogP contribution is -2.40. The average molecular weight is 636 g/mol. The number of aromatic nitrogens is 1. The molecule has 226 valence electrons. The van der Waals surface area contributed by atoms with Gasteiger partial charge < -0.3 is 14.8 Å². The molecule has 7 nitrogen and oxygen atoms in total. The van der Waals surface area contributed by atoms with Crippen LogP contribution in [0.4, 0.5) is 5.69 Å². The highest BCUT2D eigenvalue weighted by Gasteiger charge is 2.32. The van der Waals surface area contributed by atoms with Gasteiger partial charge in [-0.3, -0.25) is 14.2 Å². The normalized spacial score (nSPS) is 14.5. The van der Waals surface area contributed by atoms with Crippen LogP contribution in [0, 0.1) is 0 Å². The standard InChI is InChI=1S/C36H30ClN3O4S/c1-3-43-29-18-14-26(15-19-29)33-32(34(41)39-28-9-5-4-6-10-28)23(2)38-36-40(33)35(42)31(45-36)21-25-8-7-11-30(20-25)44-22-24-12-16-27(37)17-13-24/h4-21,33H,3,22H2,1-2H3,(H,39,41)/b31-21+/t33-/m0/s1. The molecule has 1 aliphatic heterocycles. The van der Waals surface area contributed by atoms with Crippen LogP contribution in [0.1, 0.15) is 36.6 Å². The zero-order chi connectivity index (χ0) is 31.3. The van der Waals surface area contributed by atoms with Gasteiger partial charge in [0.1, 0.15) is 18.1 Å². The van der Waals surface area contributed by atoms with E-state index in [0.717, 1.165) is 16.7 Å². The Bertz CT molecular complexity index is 2050. The molecule has 1 aliphatic rings. The summed E-state index contributed by atoms with van der Waals surface area (Å²) in [5.41, 5.74) is 3.95. The van der Waals surface area contributed by atoms with E-state index in [0.29, 0.717) is 56.0 Å². The second-order valence-electron chi connectivity index (χ2n) is 10.4. The maximum absolute atomic E-state index is 14.1. The van der Waals surface area contributed by atoms with Crippen molar-refractivity contribution in [3.63, 3.8) is 0 Å². The Hall–Kier alpha value is -4.92. The van der Waals surface area contributed by atoms with Crippen LogP contribution >= 0.6 is 22.9 Å². The number of hydrogen-bond donors (Lipinski definition) is 1. The molecule has 5 aromatic rings. The minimum atomic E-state index is -0.683. The highest BCUT2D eigenvalue weighted by Crippen LogP contribution is 2.32. The summed E-state index contributed by atoms with van der Waals surface area (Å²) in [5.74, 6) is 1.07. The van der Waals surface area contributed by atoms with Crippen molar-refractivity contribution < 1.29 is 14.3 Å². The highest BCUT2D eigenvalue weighted by molar-refractivity contribution is 7.07. The Balaban J connectivity index is 1.37. The highest BCUT2D eigenvalue weighted by atomic mass is 35.5. The predicted octanol–water partition coefficient (Wildman–Crippen LogP) is 6.51. The first kappa shape index (κ1) is 30.1. The van der Waals surface area contributed by atoms with Crippen molar-refractivity contribution in [2.75, 3.05) is 11.9 Å². The minimum Gasteiger partial charge on any atom is -0.494 e. The maximum Gasteiger partial charge on any atom is 0.271 e. The summed E-state index contributed by atoms with van der Waals surface area (Å²) in [6.45, 7) is 4.65. The van der Waals surface area contributed by atoms with Gasteiger partial charge in [0.25, 0.3) is 11.5 Å². The zero-order valence-electron chi connectivity index (χ0n) is 24.7. The molecule has 0 unspecified atom stereocenters. The van der Waals surface area contributed by atoms with E-state index >= 15 is 0 Å². The molecule has 0 spiro atoms. The van der Waals surface area contributed by atoms with Crippen LogP contribution in [-0.2, 0) is 11.4 Å². The molecule has 0 fully saturated rings. The van der Waals surface area contributed by atoms with Crippen LogP contribution in [0.15, 0.2) is 124 Å². The predicted molar refractivity (Wildman–Crippen MR) is 179 cm³/mol. The van der Waals surface area contributed by atoms with E-state index in [1.807, 2.05) is 116 Å². The number of allylic oxidation sites excluding steroid dienone is 1. The number of thiazole rings is 1. The van der Waals surface area contributed by atoms with Crippen molar-refractivity contribution in [1.82, 2.24) is 4.57 Å². The number of carbonyl (C=O) groups is 1. The molecule has 45 heavy (non-hydrogen) atoms. The van der Waals surface area contributed by atoms with Gasteiger partial charge in [-0.25, -0.2) is 4.99 Å². The number of fused-ring (bicyclic) bond motifs is 1. The van der Waals surface area contributed by atoms with Crippen molar-refractivity contribution in [3.05, 3.63) is 156 Å². The lowest BCUT2D eigenvalue weighted by atomic mass is 9.95. The fourth-order valence-corrected chi connectivity index (χ4v) is 6.33. The van der Waals surface area contributed by atoms with Crippen molar-refractivity contribution in [2.45, 2.75) is 26.5 Å². The minimum absolute atomic E-state index is 0.234. The third-order valence-electron chi connectivity index (χ3n) is 7.28. The fraction of sp³-hybridized carbons (Fsp3) is 0.139. The number of rotatable bonds is 9. The number of carbonyl (C=O) groups excluding carboxylic acids is 1. The van der Waals surface area contributed by atoms with Gasteiger partial charge in [-0.1, -0.05) is 77.5 Å². The molecule has 9 heteroatoms. The molecule has 1 atom stereocenters. The monoisotopic (exact) mass is 635 g/mol. The van der Waals surface area contributed by atoms with Gasteiger partial charge in [0, 0.05) is 10.7 Å². The SMILES string of the molecule is CCOc1ccc([C@H]2C(C(=O)Nc3ccccc3)=C(C)N=c3s/c(=C/c4cccc(OCc5ccc(Cl)cc5)c4)c(=O)n32)cc1. The smallest absolute Gasteiger partial charge is 0.271 e. The van der Waals surface area contributed by atoms with Crippen molar-refractivity contribution >= 4 is 40.6 Å². The first-order chi connectivity index (χ1) is 21.9. The first-order valence-corrected chi connectivity index (χ1v) is 15.7. The summed E-state index contributed by atoms with van der Waals surface area (Å²) in [6.07, 6.45) is 1.83. The molecule has 4 aromatic carbocycles. The molecule has 1 aromatic heterocycles. The Morgan fingerprint density at radius 3 is 2.44 bits per heavy atom. The fourth-order valence-electron chi connectivity index (χ4n) is 5.15. The van der Waals surface area contributed by atoms with E-state index in [4.69, 9.17) is 26.1 Å². The third-order valence-corrected chi connectivity index (χ3v) is 8.51. The molecule has 1 amide bonds. The number of nitrogens with one attached hydrogen (secondary N) is 1. The number of nitrogens with zero attached hydrogens (tertiary/aromatic N) is 2. The van der Waals surface area contributed by atoms with Crippen LogP contribution in [0.25, 0.3) is 6.08 Å². The summed E-state index contributed by atoms with van der Waals surface area (Å²) < 4.78 is 13.8. The summed E-state index contributed by atoms with van der Waals surface area (Å²) in [4.78, 5) is 33.1. The molecular weight excluding hydrogens is 606 g/mol. The summed E-state index contributed by atoms with van der Waals surface area (Å²) in [5, 5.41) is 3.65. The van der Waals surface area contributed by atoms with E-state index in [1.54, 1.807) is 11.5 Å². The second kappa shape index (κ2) is 13.4. The quantitative estimate of drug-likeness (QED) is 0.200. The lowest BCUT2D eigenvalue weighted by Gasteiger charge is -2.25. The van der Waals surface area contributed by atoms with E-state index in [9.17, 15) is 9.59 Å². The molecule has 6 rings (SSSR count). The zero-order valence-corrected chi connectivity index (χ0v) is 26.3. The largest absolute Gasteiger partial charge is 0.494 e. The third kappa shape index (κ3) is 6.77. The van der Waals surface area contributed by atoms with Crippen LogP contribution in [0.5, 0.6) is 11.5 Å². The van der Waals surface area contributed by atoms with Gasteiger partial charge >= 0.3 is 0 Å². The van der Waals surface area contributed by atoms with E-state index in [-0.39, 0.29) is 11.5 Å². The van der Waals surface area contributed by atoms with Crippen molar-refractivity contribution in [3.8, 4) is 11.5 Å². The van der Waals surface area contributed by atoms with Crippen LogP contribution in [0.3, 0.4) is 0 Å². The van der Waals surface area contributed by atoms with Gasteiger partial charge in [-0.05, 0) is 85.1 Å². The Labute approximate surface area is 269 Å². The molecule has 0 aliphatic carbocycles. The summed E-state index contributed by atoms with van der Waals surface area (Å²) >= 11 is 7.29. The van der Waals surface area contributed by atoms with E-state index in [2.05, 4.69) is 5.32 Å². The van der Waals surface area contributed by atoms with Crippen LogP contribution < -0.4 is 29.7 Å². The van der Waals surface area contributed by atoms with Gasteiger partial charge in [0.2, 0.25) is 0 Å². The number of anilines is 1. The van der Waals surface area contributed by atoms with E-state index in [1.165, 1.54) is 11.3 Å². The number of halogens is 1. The molecule has 0 radical (unpaired) electrons. The number of amides is 1. The van der Waals surface area contributed by atoms with Crippen molar-refractivity contribution in [1.29, 1.82) is 0 Å². The molecule has 1 N–H and O–H groups in total. The summed E-state index contributed by atoms with van der Waals surface area (Å²) in [7, 11) is 0. The van der Waals surface area contributed by atoms with Crippen LogP contribution in [0.2, 0.25) is 5.02 Å². The number of hydrogen-bond acceptors (Lipinski definition) is 6. The summed E-state index contributed by atoms with van der Waals surface area (Å²) in [6, 6.07) is 31.1. The molecule has 2 heterocycles. The Kier molecular flexibility index (Phi) is 8.96. The van der Waals surface area contributed by atoms with Gasteiger partial charge in [-0.15, -0.1) is 0 Å². The molecule has 0 saturated carbocycles. The number of para-hydroxylation sites is 1. The Morgan fingerprint density at radius 1 is 0.956 bits per heavy atom. The van der Waals surface area contributed by atoms with Gasteiger partial charge in [-0.2, -0.15) is 0 Å². The average Bonchev–Trinajstić information content (AvgIpc) is 3.35. The van der Waals surface area contributed by atoms with Gasteiger partial charge in [0.05, 0.1) is 28.5 Å². The first-order valence-electron chi connectivity index (χ1n) is 14.5. The van der Waals surface area contributed by atoms with Gasteiger partial charge in [0.15, 0.2) is 4.80 Å². The number of benzene rings is 4. The molecular formula is C36H30ClN3O4S. The topological polar surface area (TPSA) is 81.9 Å². The van der Waals surface area contributed by atoms with Crippen LogP contribution in [-0.4, -0.2) is 17.1 Å². The number of ether oxygens (including phenoxy) is 2. The lowest BCUT2D eigenvalue weighted by molar-refractivity contribution is -0.113. The van der Waals surface area contributed by atoms with Crippen molar-refractivity contribution in [2.24, 2.45) is 4.99 Å².